The number of hydrogen-bond acceptors (Lipinski definition) is 3. The lowest BCUT2D eigenvalue weighted by molar-refractivity contribution is -0.120. The SMILES string of the molecule is O=C(NC1N=C(c2ccccc2)c2cccc3c2N(CC3)C1=O)c1cccc(Cl)c1. The zero-order chi connectivity index (χ0) is 20.7. The first-order valence-electron chi connectivity index (χ1n) is 9.75. The van der Waals surface area contributed by atoms with Crippen molar-refractivity contribution in [1.29, 1.82) is 0 Å². The lowest BCUT2D eigenvalue weighted by Crippen LogP contribution is -2.46. The van der Waals surface area contributed by atoms with Crippen LogP contribution in [0.2, 0.25) is 5.02 Å². The fourth-order valence-electron chi connectivity index (χ4n) is 4.03. The first-order valence-corrected chi connectivity index (χ1v) is 10.1. The molecule has 3 aromatic rings. The summed E-state index contributed by atoms with van der Waals surface area (Å²) in [4.78, 5) is 32.7. The average Bonchev–Trinajstić information content (AvgIpc) is 3.16. The number of benzene rings is 3. The van der Waals surface area contributed by atoms with E-state index in [9.17, 15) is 9.59 Å². The molecule has 2 aliphatic rings. The number of nitrogens with one attached hydrogen (secondary N) is 1. The summed E-state index contributed by atoms with van der Waals surface area (Å²) in [6.45, 7) is 0.576. The van der Waals surface area contributed by atoms with Crippen LogP contribution in [0.3, 0.4) is 0 Å². The van der Waals surface area contributed by atoms with E-state index in [1.54, 1.807) is 29.2 Å². The van der Waals surface area contributed by atoms with E-state index in [0.29, 0.717) is 22.8 Å². The fraction of sp³-hybridized carbons (Fsp3) is 0.125. The molecule has 0 aromatic heterocycles. The van der Waals surface area contributed by atoms with E-state index in [0.717, 1.165) is 28.8 Å². The molecule has 148 valence electrons. The second-order valence-electron chi connectivity index (χ2n) is 7.28. The number of carbonyl (C=O) groups is 2. The van der Waals surface area contributed by atoms with E-state index < -0.39 is 12.1 Å². The Bertz CT molecular complexity index is 1190. The molecule has 2 aliphatic heterocycles. The molecule has 1 unspecified atom stereocenters. The van der Waals surface area contributed by atoms with E-state index in [4.69, 9.17) is 16.6 Å². The minimum absolute atomic E-state index is 0.234. The highest BCUT2D eigenvalue weighted by Crippen LogP contribution is 2.36. The van der Waals surface area contributed by atoms with Gasteiger partial charge in [-0.15, -0.1) is 0 Å². The van der Waals surface area contributed by atoms with E-state index in [2.05, 4.69) is 5.32 Å². The summed E-state index contributed by atoms with van der Waals surface area (Å²) in [5.41, 5.74) is 4.90. The standard InChI is InChI=1S/C24H18ClN3O2/c25-18-10-4-9-17(14-18)23(29)27-22-24(30)28-13-12-16-8-5-11-19(21(16)28)20(26-22)15-6-2-1-3-7-15/h1-11,14,22H,12-13H2,(H,27,29). The number of amides is 2. The van der Waals surface area contributed by atoms with Gasteiger partial charge in [0.1, 0.15) is 0 Å². The molecule has 3 aromatic carbocycles. The number of aliphatic imine (C=N–C) groups is 1. The fourth-order valence-corrected chi connectivity index (χ4v) is 4.22. The van der Waals surface area contributed by atoms with Crippen LogP contribution in [0.25, 0.3) is 0 Å². The van der Waals surface area contributed by atoms with Crippen LogP contribution >= 0.6 is 11.6 Å². The van der Waals surface area contributed by atoms with E-state index in [-0.39, 0.29) is 5.91 Å². The van der Waals surface area contributed by atoms with Crippen molar-refractivity contribution in [2.24, 2.45) is 4.99 Å². The molecule has 0 aliphatic carbocycles. The zero-order valence-electron chi connectivity index (χ0n) is 16.0. The third-order valence-electron chi connectivity index (χ3n) is 5.41. The van der Waals surface area contributed by atoms with Crippen LogP contribution in [0.5, 0.6) is 0 Å². The zero-order valence-corrected chi connectivity index (χ0v) is 16.8. The van der Waals surface area contributed by atoms with Gasteiger partial charge in [-0.3, -0.25) is 9.59 Å². The number of halogens is 1. The molecule has 0 spiro atoms. The van der Waals surface area contributed by atoms with Crippen molar-refractivity contribution in [3.63, 3.8) is 0 Å². The highest BCUT2D eigenvalue weighted by atomic mass is 35.5. The van der Waals surface area contributed by atoms with Crippen LogP contribution in [0.1, 0.15) is 27.0 Å². The van der Waals surface area contributed by atoms with E-state index in [1.165, 1.54) is 0 Å². The van der Waals surface area contributed by atoms with Crippen molar-refractivity contribution in [3.8, 4) is 0 Å². The van der Waals surface area contributed by atoms with Gasteiger partial charge in [0.2, 0.25) is 6.17 Å². The van der Waals surface area contributed by atoms with Crippen LogP contribution in [-0.2, 0) is 11.2 Å². The Kier molecular flexibility index (Phi) is 4.60. The quantitative estimate of drug-likeness (QED) is 0.706. The molecule has 0 fully saturated rings. The molecule has 0 bridgehead atoms. The summed E-state index contributed by atoms with van der Waals surface area (Å²) in [7, 11) is 0. The molecule has 0 saturated carbocycles. The summed E-state index contributed by atoms with van der Waals surface area (Å²) in [6, 6.07) is 22.4. The van der Waals surface area contributed by atoms with Gasteiger partial charge in [0.15, 0.2) is 0 Å². The van der Waals surface area contributed by atoms with Crippen LogP contribution in [-0.4, -0.2) is 30.2 Å². The minimum Gasteiger partial charge on any atom is -0.322 e. The van der Waals surface area contributed by atoms with Crippen LogP contribution in [0.4, 0.5) is 5.69 Å². The van der Waals surface area contributed by atoms with Gasteiger partial charge >= 0.3 is 0 Å². The maximum atomic E-state index is 13.4. The summed E-state index contributed by atoms with van der Waals surface area (Å²) in [6.07, 6.45) is -0.239. The summed E-state index contributed by atoms with van der Waals surface area (Å²) in [5, 5.41) is 3.26. The Morgan fingerprint density at radius 2 is 1.83 bits per heavy atom. The van der Waals surface area contributed by atoms with Gasteiger partial charge in [0.25, 0.3) is 11.8 Å². The van der Waals surface area contributed by atoms with Gasteiger partial charge < -0.3 is 10.2 Å². The molecular formula is C24H18ClN3O2. The van der Waals surface area contributed by atoms with Crippen molar-refractivity contribution < 1.29 is 9.59 Å². The lowest BCUT2D eigenvalue weighted by Gasteiger charge is -2.21. The van der Waals surface area contributed by atoms with Crippen molar-refractivity contribution >= 4 is 34.8 Å². The Morgan fingerprint density at radius 3 is 2.63 bits per heavy atom. The van der Waals surface area contributed by atoms with Gasteiger partial charge in [-0.05, 0) is 30.2 Å². The minimum atomic E-state index is -1.02. The van der Waals surface area contributed by atoms with Crippen molar-refractivity contribution in [1.82, 2.24) is 5.32 Å². The lowest BCUT2D eigenvalue weighted by atomic mass is 9.98. The number of para-hydroxylation sites is 1. The Morgan fingerprint density at radius 1 is 1.03 bits per heavy atom. The molecule has 1 atom stereocenters. The van der Waals surface area contributed by atoms with Crippen molar-refractivity contribution in [2.45, 2.75) is 12.6 Å². The molecule has 5 rings (SSSR count). The normalized spacial score (nSPS) is 17.2. The predicted octanol–water partition coefficient (Wildman–Crippen LogP) is 3.84. The largest absolute Gasteiger partial charge is 0.322 e. The molecule has 0 radical (unpaired) electrons. The number of carbonyl (C=O) groups excluding carboxylic acids is 2. The third kappa shape index (κ3) is 3.17. The number of anilines is 1. The monoisotopic (exact) mass is 415 g/mol. The Labute approximate surface area is 179 Å². The summed E-state index contributed by atoms with van der Waals surface area (Å²) in [5.74, 6) is -0.625. The van der Waals surface area contributed by atoms with Crippen molar-refractivity contribution in [2.75, 3.05) is 11.4 Å². The van der Waals surface area contributed by atoms with E-state index in [1.807, 2.05) is 48.5 Å². The molecule has 2 heterocycles. The van der Waals surface area contributed by atoms with Gasteiger partial charge in [0, 0.05) is 28.3 Å². The molecule has 6 heteroatoms. The third-order valence-corrected chi connectivity index (χ3v) is 5.64. The maximum Gasteiger partial charge on any atom is 0.272 e. The van der Waals surface area contributed by atoms with Crippen LogP contribution in [0.15, 0.2) is 77.8 Å². The molecular weight excluding hydrogens is 398 g/mol. The first-order chi connectivity index (χ1) is 14.6. The van der Waals surface area contributed by atoms with Crippen molar-refractivity contribution in [3.05, 3.63) is 100 Å². The topological polar surface area (TPSA) is 61.8 Å². The Balaban J connectivity index is 1.60. The summed E-state index contributed by atoms with van der Waals surface area (Å²) < 4.78 is 0. The predicted molar refractivity (Wildman–Crippen MR) is 117 cm³/mol. The maximum absolute atomic E-state index is 13.4. The number of nitrogens with zero attached hydrogens (tertiary/aromatic N) is 2. The van der Waals surface area contributed by atoms with Crippen LogP contribution < -0.4 is 10.2 Å². The van der Waals surface area contributed by atoms with Gasteiger partial charge in [-0.25, -0.2) is 4.99 Å². The molecule has 30 heavy (non-hydrogen) atoms. The number of rotatable bonds is 3. The second-order valence-corrected chi connectivity index (χ2v) is 7.72. The highest BCUT2D eigenvalue weighted by Gasteiger charge is 2.37. The molecule has 0 saturated heterocycles. The Hall–Kier alpha value is -3.44. The smallest absolute Gasteiger partial charge is 0.272 e. The van der Waals surface area contributed by atoms with Gasteiger partial charge in [-0.1, -0.05) is 66.2 Å². The molecule has 5 nitrogen and oxygen atoms in total. The molecule has 1 N–H and O–H groups in total. The van der Waals surface area contributed by atoms with Gasteiger partial charge in [-0.2, -0.15) is 0 Å². The van der Waals surface area contributed by atoms with Crippen LogP contribution in [0, 0.1) is 0 Å². The molecule has 2 amide bonds. The van der Waals surface area contributed by atoms with Gasteiger partial charge in [0.05, 0.1) is 11.4 Å². The summed E-state index contributed by atoms with van der Waals surface area (Å²) >= 11 is 6.02. The number of hydrogen-bond donors (Lipinski definition) is 1. The average molecular weight is 416 g/mol. The second kappa shape index (κ2) is 7.43. The highest BCUT2D eigenvalue weighted by molar-refractivity contribution is 6.31. The van der Waals surface area contributed by atoms with E-state index >= 15 is 0 Å². The first kappa shape index (κ1) is 18.6.